The van der Waals surface area contributed by atoms with Gasteiger partial charge in [-0.05, 0) is 18.6 Å². The molecule has 2 amide bonds. The number of hydrazine groups is 1. The highest BCUT2D eigenvalue weighted by atomic mass is 32.2. The first-order valence-corrected chi connectivity index (χ1v) is 10.2. The number of thiazole rings is 1. The van der Waals surface area contributed by atoms with Crippen LogP contribution >= 0.6 is 11.3 Å². The SMILES string of the molecule is O=C(CCc1nc2ccccc2s1)NNC(=O)[C@@H]1CCS(=O)(=O)C1. The summed E-state index contributed by atoms with van der Waals surface area (Å²) in [5.41, 5.74) is 5.55. The van der Waals surface area contributed by atoms with Crippen molar-refractivity contribution in [2.75, 3.05) is 11.5 Å². The first kappa shape index (κ1) is 16.8. The van der Waals surface area contributed by atoms with E-state index in [1.807, 2.05) is 24.3 Å². The van der Waals surface area contributed by atoms with Gasteiger partial charge in [-0.15, -0.1) is 11.3 Å². The Bertz CT molecular complexity index is 843. The molecule has 2 aromatic rings. The number of aryl methyl sites for hydroxylation is 1. The lowest BCUT2D eigenvalue weighted by Crippen LogP contribution is -2.44. The molecule has 9 heteroatoms. The van der Waals surface area contributed by atoms with Gasteiger partial charge in [-0.2, -0.15) is 0 Å². The van der Waals surface area contributed by atoms with E-state index in [0.29, 0.717) is 12.8 Å². The quantitative estimate of drug-likeness (QED) is 0.778. The average Bonchev–Trinajstić information content (AvgIpc) is 3.13. The van der Waals surface area contributed by atoms with Crippen LogP contribution in [0.25, 0.3) is 10.2 Å². The van der Waals surface area contributed by atoms with Crippen molar-refractivity contribution in [1.82, 2.24) is 15.8 Å². The molecule has 0 aliphatic carbocycles. The summed E-state index contributed by atoms with van der Waals surface area (Å²) >= 11 is 1.54. The molecule has 1 aromatic heterocycles. The number of rotatable bonds is 4. The van der Waals surface area contributed by atoms with Gasteiger partial charge in [0.25, 0.3) is 0 Å². The van der Waals surface area contributed by atoms with Gasteiger partial charge < -0.3 is 0 Å². The lowest BCUT2D eigenvalue weighted by atomic mass is 10.1. The Morgan fingerprint density at radius 2 is 2.04 bits per heavy atom. The van der Waals surface area contributed by atoms with Crippen molar-refractivity contribution in [3.63, 3.8) is 0 Å². The first-order valence-electron chi connectivity index (χ1n) is 7.56. The van der Waals surface area contributed by atoms with Crippen molar-refractivity contribution >= 4 is 43.2 Å². The standard InChI is InChI=1S/C15H17N3O4S2/c19-13(17-18-15(20)10-7-8-24(21,22)9-10)5-6-14-16-11-3-1-2-4-12(11)23-14/h1-4,10H,5-9H2,(H,17,19)(H,18,20)/t10-/m1/s1. The first-order chi connectivity index (χ1) is 11.4. The molecule has 1 aromatic carbocycles. The Morgan fingerprint density at radius 1 is 1.25 bits per heavy atom. The molecule has 1 aliphatic heterocycles. The van der Waals surface area contributed by atoms with E-state index in [1.54, 1.807) is 0 Å². The maximum absolute atomic E-state index is 11.8. The number of nitrogens with zero attached hydrogens (tertiary/aromatic N) is 1. The zero-order valence-corrected chi connectivity index (χ0v) is 14.5. The molecule has 0 saturated carbocycles. The minimum atomic E-state index is -3.12. The number of para-hydroxylation sites is 1. The van der Waals surface area contributed by atoms with Crippen LogP contribution in [0.5, 0.6) is 0 Å². The summed E-state index contributed by atoms with van der Waals surface area (Å²) in [6, 6.07) is 7.75. The van der Waals surface area contributed by atoms with Crippen molar-refractivity contribution in [3.05, 3.63) is 29.3 Å². The molecule has 1 saturated heterocycles. The largest absolute Gasteiger partial charge is 0.273 e. The lowest BCUT2D eigenvalue weighted by Gasteiger charge is -2.10. The molecule has 24 heavy (non-hydrogen) atoms. The third-order valence-electron chi connectivity index (χ3n) is 3.83. The minimum Gasteiger partial charge on any atom is -0.273 e. The number of amides is 2. The van der Waals surface area contributed by atoms with Gasteiger partial charge in [0.1, 0.15) is 0 Å². The summed E-state index contributed by atoms with van der Waals surface area (Å²) in [7, 11) is -3.12. The Balaban J connectivity index is 1.45. The van der Waals surface area contributed by atoms with E-state index in [-0.39, 0.29) is 23.8 Å². The number of hydrogen-bond acceptors (Lipinski definition) is 6. The molecule has 0 spiro atoms. The highest BCUT2D eigenvalue weighted by molar-refractivity contribution is 7.91. The van der Waals surface area contributed by atoms with E-state index in [2.05, 4.69) is 15.8 Å². The summed E-state index contributed by atoms with van der Waals surface area (Å²) in [5.74, 6) is -1.50. The van der Waals surface area contributed by atoms with Gasteiger partial charge in [0.05, 0.1) is 32.6 Å². The zero-order chi connectivity index (χ0) is 17.2. The van der Waals surface area contributed by atoms with E-state index < -0.39 is 21.7 Å². The fourth-order valence-electron chi connectivity index (χ4n) is 2.54. The van der Waals surface area contributed by atoms with Crippen LogP contribution in [0.4, 0.5) is 0 Å². The van der Waals surface area contributed by atoms with Crippen molar-refractivity contribution < 1.29 is 18.0 Å². The molecule has 128 valence electrons. The van der Waals surface area contributed by atoms with Crippen LogP contribution in [0.2, 0.25) is 0 Å². The fraction of sp³-hybridized carbons (Fsp3) is 0.400. The van der Waals surface area contributed by atoms with Crippen LogP contribution in [0.15, 0.2) is 24.3 Å². The number of fused-ring (bicyclic) bond motifs is 1. The molecule has 7 nitrogen and oxygen atoms in total. The molecule has 0 bridgehead atoms. The number of carbonyl (C=O) groups excluding carboxylic acids is 2. The lowest BCUT2D eigenvalue weighted by molar-refractivity contribution is -0.130. The zero-order valence-electron chi connectivity index (χ0n) is 12.8. The summed E-state index contributed by atoms with van der Waals surface area (Å²) in [5, 5.41) is 0.861. The Labute approximate surface area is 143 Å². The van der Waals surface area contributed by atoms with Crippen LogP contribution in [0.1, 0.15) is 17.8 Å². The number of nitrogens with one attached hydrogen (secondary N) is 2. The fourth-order valence-corrected chi connectivity index (χ4v) is 5.25. The average molecular weight is 367 g/mol. The predicted octanol–water partition coefficient (Wildman–Crippen LogP) is 0.811. The highest BCUT2D eigenvalue weighted by Crippen LogP contribution is 2.22. The third-order valence-corrected chi connectivity index (χ3v) is 6.70. The topological polar surface area (TPSA) is 105 Å². The third kappa shape index (κ3) is 4.09. The number of aromatic nitrogens is 1. The van der Waals surface area contributed by atoms with Gasteiger partial charge in [-0.25, -0.2) is 13.4 Å². The number of carbonyl (C=O) groups is 2. The maximum Gasteiger partial charge on any atom is 0.242 e. The van der Waals surface area contributed by atoms with Gasteiger partial charge in [-0.1, -0.05) is 12.1 Å². The van der Waals surface area contributed by atoms with E-state index in [1.165, 1.54) is 11.3 Å². The minimum absolute atomic E-state index is 0.0244. The molecule has 2 heterocycles. The van der Waals surface area contributed by atoms with Crippen LogP contribution in [0, 0.1) is 5.92 Å². The van der Waals surface area contributed by atoms with Crippen molar-refractivity contribution in [1.29, 1.82) is 0 Å². The second-order valence-corrected chi connectivity index (χ2v) is 9.06. The smallest absolute Gasteiger partial charge is 0.242 e. The molecular formula is C15H17N3O4S2. The second-order valence-electron chi connectivity index (χ2n) is 5.71. The van der Waals surface area contributed by atoms with E-state index in [0.717, 1.165) is 15.2 Å². The van der Waals surface area contributed by atoms with Crippen molar-refractivity contribution in [2.45, 2.75) is 19.3 Å². The van der Waals surface area contributed by atoms with Gasteiger partial charge >= 0.3 is 0 Å². The van der Waals surface area contributed by atoms with Crippen molar-refractivity contribution in [2.24, 2.45) is 5.92 Å². The molecule has 0 radical (unpaired) electrons. The Morgan fingerprint density at radius 3 is 2.75 bits per heavy atom. The van der Waals surface area contributed by atoms with E-state index in [4.69, 9.17) is 0 Å². The van der Waals surface area contributed by atoms with Crippen molar-refractivity contribution in [3.8, 4) is 0 Å². The van der Waals surface area contributed by atoms with Gasteiger partial charge in [0.2, 0.25) is 11.8 Å². The number of hydrogen-bond donors (Lipinski definition) is 2. The summed E-state index contributed by atoms with van der Waals surface area (Å²) in [4.78, 5) is 28.1. The van der Waals surface area contributed by atoms with Crippen LogP contribution in [-0.2, 0) is 25.8 Å². The molecular weight excluding hydrogens is 350 g/mol. The molecule has 1 fully saturated rings. The van der Waals surface area contributed by atoms with Crippen LogP contribution in [0.3, 0.4) is 0 Å². The number of sulfone groups is 1. The maximum atomic E-state index is 11.8. The highest BCUT2D eigenvalue weighted by Gasteiger charge is 2.33. The monoisotopic (exact) mass is 367 g/mol. The van der Waals surface area contributed by atoms with E-state index >= 15 is 0 Å². The van der Waals surface area contributed by atoms with Gasteiger partial charge in [0.15, 0.2) is 9.84 Å². The Hall–Kier alpha value is -2.00. The second kappa shape index (κ2) is 6.86. The van der Waals surface area contributed by atoms with Crippen LogP contribution < -0.4 is 10.9 Å². The van der Waals surface area contributed by atoms with Gasteiger partial charge in [0, 0.05) is 12.8 Å². The van der Waals surface area contributed by atoms with Gasteiger partial charge in [-0.3, -0.25) is 20.4 Å². The number of benzene rings is 1. The molecule has 1 atom stereocenters. The summed E-state index contributed by atoms with van der Waals surface area (Å²) in [6.07, 6.45) is 0.984. The molecule has 2 N–H and O–H groups in total. The molecule has 0 unspecified atom stereocenters. The summed E-state index contributed by atoms with van der Waals surface area (Å²) in [6.45, 7) is 0. The van der Waals surface area contributed by atoms with Crippen LogP contribution in [-0.4, -0.2) is 36.7 Å². The normalized spacial score (nSPS) is 19.2. The molecule has 1 aliphatic rings. The van der Waals surface area contributed by atoms with E-state index in [9.17, 15) is 18.0 Å². The Kier molecular flexibility index (Phi) is 4.81. The molecule has 3 rings (SSSR count). The predicted molar refractivity (Wildman–Crippen MR) is 91.0 cm³/mol. The summed E-state index contributed by atoms with van der Waals surface area (Å²) < 4.78 is 23.8.